The first-order valence-electron chi connectivity index (χ1n) is 11.6. The number of carboxylic acid groups (broad SMARTS) is 1. The quantitative estimate of drug-likeness (QED) is 0.566. The van der Waals surface area contributed by atoms with Crippen molar-refractivity contribution >= 4 is 11.6 Å². The summed E-state index contributed by atoms with van der Waals surface area (Å²) in [4.78, 5) is 17.4. The molecule has 1 aliphatic rings. The van der Waals surface area contributed by atoms with Crippen molar-refractivity contribution < 1.29 is 19.4 Å². The average Bonchev–Trinajstić information content (AvgIpc) is 3.03. The molecule has 0 spiro atoms. The Morgan fingerprint density at radius 3 is 2.45 bits per heavy atom. The lowest BCUT2D eigenvalue weighted by atomic mass is 9.76. The lowest BCUT2D eigenvalue weighted by Gasteiger charge is -2.29. The van der Waals surface area contributed by atoms with Crippen molar-refractivity contribution in [3.05, 3.63) is 41.2 Å². The van der Waals surface area contributed by atoms with E-state index in [0.717, 1.165) is 29.8 Å². The molecule has 1 atom stereocenters. The molecule has 0 amide bonds. The summed E-state index contributed by atoms with van der Waals surface area (Å²) < 4.78 is 13.6. The molecule has 3 heterocycles. The Balaban J connectivity index is 2.08. The minimum absolute atomic E-state index is 0.177. The number of aliphatic carboxylic acids is 1. The standard InChI is InChI=1S/C26H33N3O4/c1-7-11-26(6,24(30)31)22-16(2)27-21-15-20(25(3,4)5)28-29(21)23(22)17-9-10-18-19(14-17)33-13-8-12-32-18/h9-10,14-15H,7-8,11-13H2,1-6H3,(H,30,31). The average molecular weight is 452 g/mol. The number of ether oxygens (including phenoxy) is 2. The minimum atomic E-state index is -1.12. The third kappa shape index (κ3) is 4.05. The van der Waals surface area contributed by atoms with Crippen LogP contribution < -0.4 is 9.47 Å². The molecular formula is C26H33N3O4. The molecule has 1 unspecified atom stereocenters. The highest BCUT2D eigenvalue weighted by molar-refractivity contribution is 5.86. The van der Waals surface area contributed by atoms with Crippen LogP contribution in [-0.2, 0) is 15.6 Å². The largest absolute Gasteiger partial charge is 0.490 e. The molecule has 0 aliphatic carbocycles. The number of carbonyl (C=O) groups is 1. The fourth-order valence-corrected chi connectivity index (χ4v) is 4.56. The van der Waals surface area contributed by atoms with Crippen LogP contribution in [0.15, 0.2) is 24.3 Å². The highest BCUT2D eigenvalue weighted by atomic mass is 16.5. The number of fused-ring (bicyclic) bond motifs is 2. The first-order chi connectivity index (χ1) is 15.6. The fourth-order valence-electron chi connectivity index (χ4n) is 4.56. The normalized spacial score (nSPS) is 15.8. The molecule has 3 aromatic rings. The van der Waals surface area contributed by atoms with E-state index in [-0.39, 0.29) is 5.41 Å². The number of aryl methyl sites for hydroxylation is 1. The van der Waals surface area contributed by atoms with Gasteiger partial charge < -0.3 is 14.6 Å². The van der Waals surface area contributed by atoms with Gasteiger partial charge in [-0.2, -0.15) is 5.10 Å². The molecule has 176 valence electrons. The van der Waals surface area contributed by atoms with Crippen LogP contribution in [0.2, 0.25) is 0 Å². The Morgan fingerprint density at radius 2 is 1.82 bits per heavy atom. The molecule has 0 radical (unpaired) electrons. The van der Waals surface area contributed by atoms with Crippen LogP contribution in [0.5, 0.6) is 11.5 Å². The van der Waals surface area contributed by atoms with Crippen LogP contribution in [0.25, 0.3) is 16.9 Å². The smallest absolute Gasteiger partial charge is 0.313 e. The van der Waals surface area contributed by atoms with E-state index < -0.39 is 11.4 Å². The molecule has 4 rings (SSSR count). The summed E-state index contributed by atoms with van der Waals surface area (Å²) in [6.45, 7) is 13.2. The highest BCUT2D eigenvalue weighted by Gasteiger charge is 2.40. The number of carboxylic acids is 1. The van der Waals surface area contributed by atoms with E-state index in [1.54, 1.807) is 11.4 Å². The number of benzene rings is 1. The van der Waals surface area contributed by atoms with Crippen LogP contribution in [-0.4, -0.2) is 38.9 Å². The SMILES string of the molecule is CCCC(C)(C(=O)O)c1c(C)nc2cc(C(C)(C)C)nn2c1-c1ccc2c(c1)OCCCO2. The van der Waals surface area contributed by atoms with Crippen LogP contribution in [0.3, 0.4) is 0 Å². The molecule has 7 heteroatoms. The summed E-state index contributed by atoms with van der Waals surface area (Å²) in [6, 6.07) is 7.78. The van der Waals surface area contributed by atoms with Gasteiger partial charge >= 0.3 is 5.97 Å². The zero-order valence-corrected chi connectivity index (χ0v) is 20.4. The second-order valence-electron chi connectivity index (χ2n) is 10.1. The topological polar surface area (TPSA) is 86.0 Å². The summed E-state index contributed by atoms with van der Waals surface area (Å²) in [5, 5.41) is 15.3. The van der Waals surface area contributed by atoms with Crippen molar-refractivity contribution in [3.8, 4) is 22.8 Å². The Kier molecular flexibility index (Phi) is 5.85. The number of hydrogen-bond donors (Lipinski definition) is 1. The molecule has 33 heavy (non-hydrogen) atoms. The molecule has 0 saturated heterocycles. The van der Waals surface area contributed by atoms with Gasteiger partial charge in [-0.15, -0.1) is 0 Å². The Bertz CT molecular complexity index is 1210. The van der Waals surface area contributed by atoms with Gasteiger partial charge in [0.25, 0.3) is 0 Å². The second-order valence-corrected chi connectivity index (χ2v) is 10.1. The lowest BCUT2D eigenvalue weighted by molar-refractivity contribution is -0.143. The van der Waals surface area contributed by atoms with E-state index in [0.29, 0.717) is 48.0 Å². The first-order valence-corrected chi connectivity index (χ1v) is 11.6. The summed E-state index contributed by atoms with van der Waals surface area (Å²) in [6.07, 6.45) is 2.03. The van der Waals surface area contributed by atoms with Gasteiger partial charge in [0.05, 0.1) is 30.0 Å². The first kappa shape index (κ1) is 23.1. The van der Waals surface area contributed by atoms with E-state index in [9.17, 15) is 9.90 Å². The summed E-state index contributed by atoms with van der Waals surface area (Å²) in [7, 11) is 0. The highest BCUT2D eigenvalue weighted by Crippen LogP contribution is 2.42. The van der Waals surface area contributed by atoms with Crippen molar-refractivity contribution in [1.82, 2.24) is 14.6 Å². The number of nitrogens with zero attached hydrogens (tertiary/aromatic N) is 3. The van der Waals surface area contributed by atoms with Gasteiger partial charge in [-0.3, -0.25) is 4.79 Å². The second kappa shape index (κ2) is 8.36. The number of rotatable bonds is 5. The summed E-state index contributed by atoms with van der Waals surface area (Å²) in [5.41, 5.74) is 3.25. The van der Waals surface area contributed by atoms with Crippen molar-refractivity contribution in [2.75, 3.05) is 13.2 Å². The van der Waals surface area contributed by atoms with Crippen molar-refractivity contribution in [1.29, 1.82) is 0 Å². The van der Waals surface area contributed by atoms with Gasteiger partial charge in [-0.1, -0.05) is 34.1 Å². The summed E-state index contributed by atoms with van der Waals surface area (Å²) in [5.74, 6) is 0.493. The van der Waals surface area contributed by atoms with Crippen molar-refractivity contribution in [2.24, 2.45) is 0 Å². The van der Waals surface area contributed by atoms with E-state index in [2.05, 4.69) is 20.8 Å². The predicted molar refractivity (Wildman–Crippen MR) is 127 cm³/mol. The van der Waals surface area contributed by atoms with Crippen LogP contribution in [0.1, 0.15) is 70.8 Å². The maximum Gasteiger partial charge on any atom is 0.313 e. The molecule has 0 fully saturated rings. The Labute approximate surface area is 194 Å². The molecule has 1 aliphatic heterocycles. The maximum atomic E-state index is 12.6. The minimum Gasteiger partial charge on any atom is -0.490 e. The number of aromatic nitrogens is 3. The molecule has 1 N–H and O–H groups in total. The Hall–Kier alpha value is -3.09. The van der Waals surface area contributed by atoms with E-state index in [1.807, 2.05) is 38.1 Å². The third-order valence-corrected chi connectivity index (χ3v) is 6.35. The molecule has 0 saturated carbocycles. The van der Waals surface area contributed by atoms with E-state index in [1.165, 1.54) is 0 Å². The van der Waals surface area contributed by atoms with E-state index >= 15 is 0 Å². The molecule has 2 aromatic heterocycles. The third-order valence-electron chi connectivity index (χ3n) is 6.35. The van der Waals surface area contributed by atoms with Gasteiger partial charge in [-0.25, -0.2) is 9.50 Å². The van der Waals surface area contributed by atoms with Crippen molar-refractivity contribution in [3.63, 3.8) is 0 Å². The predicted octanol–water partition coefficient (Wildman–Crippen LogP) is 5.31. The maximum absolute atomic E-state index is 12.6. The van der Waals surface area contributed by atoms with Crippen molar-refractivity contribution in [2.45, 2.75) is 71.6 Å². The van der Waals surface area contributed by atoms with E-state index in [4.69, 9.17) is 19.6 Å². The van der Waals surface area contributed by atoms with Gasteiger partial charge in [-0.05, 0) is 38.5 Å². The molecule has 1 aromatic carbocycles. The number of hydrogen-bond acceptors (Lipinski definition) is 5. The van der Waals surface area contributed by atoms with Gasteiger partial charge in [0.2, 0.25) is 0 Å². The van der Waals surface area contributed by atoms with Crippen LogP contribution in [0.4, 0.5) is 0 Å². The molecule has 0 bridgehead atoms. The van der Waals surface area contributed by atoms with Crippen LogP contribution in [0, 0.1) is 6.92 Å². The van der Waals surface area contributed by atoms with Crippen LogP contribution >= 0.6 is 0 Å². The van der Waals surface area contributed by atoms with Gasteiger partial charge in [0, 0.05) is 34.7 Å². The molecule has 7 nitrogen and oxygen atoms in total. The summed E-state index contributed by atoms with van der Waals surface area (Å²) >= 11 is 0. The lowest BCUT2D eigenvalue weighted by Crippen LogP contribution is -2.35. The zero-order valence-electron chi connectivity index (χ0n) is 20.4. The Morgan fingerprint density at radius 1 is 1.12 bits per heavy atom. The van der Waals surface area contributed by atoms with Gasteiger partial charge in [0.1, 0.15) is 0 Å². The van der Waals surface area contributed by atoms with Gasteiger partial charge in [0.15, 0.2) is 17.1 Å². The molecular weight excluding hydrogens is 418 g/mol. The zero-order chi connectivity index (χ0) is 24.0. The monoisotopic (exact) mass is 451 g/mol. The fraction of sp³-hybridized carbons (Fsp3) is 0.500.